The summed E-state index contributed by atoms with van der Waals surface area (Å²) in [6.07, 6.45) is 0.725. The molecule has 34 heavy (non-hydrogen) atoms. The van der Waals surface area contributed by atoms with Crippen LogP contribution in [-0.2, 0) is 29.0 Å². The first-order valence-electron chi connectivity index (χ1n) is 11.2. The van der Waals surface area contributed by atoms with E-state index < -0.39 is 5.97 Å². The Kier molecular flexibility index (Phi) is 7.82. The van der Waals surface area contributed by atoms with Crippen LogP contribution in [0.25, 0.3) is 0 Å². The molecule has 1 N–H and O–H groups in total. The first-order chi connectivity index (χ1) is 16.6. The van der Waals surface area contributed by atoms with Crippen molar-refractivity contribution in [2.75, 3.05) is 32.2 Å². The number of hydrogen-bond donors (Lipinski definition) is 1. The van der Waals surface area contributed by atoms with Crippen LogP contribution in [-0.4, -0.2) is 43.6 Å². The number of benzene rings is 2. The number of nitrogens with zero attached hydrogens (tertiary/aromatic N) is 1. The summed E-state index contributed by atoms with van der Waals surface area (Å²) >= 11 is 1.44. The maximum atomic E-state index is 12.8. The number of nitrogens with one attached hydrogen (secondary N) is 1. The van der Waals surface area contributed by atoms with Crippen LogP contribution in [0, 0.1) is 0 Å². The van der Waals surface area contributed by atoms with Crippen LogP contribution in [0.5, 0.6) is 11.5 Å². The number of carbonyl (C=O) groups excluding carboxylic acids is 2. The molecule has 178 valence electrons. The molecular formula is C26H28N2O5S. The van der Waals surface area contributed by atoms with Crippen molar-refractivity contribution >= 4 is 28.2 Å². The number of hydrogen-bond acceptors (Lipinski definition) is 7. The molecule has 8 heteroatoms. The number of thiophene rings is 1. The van der Waals surface area contributed by atoms with Crippen LogP contribution < -0.4 is 14.8 Å². The molecule has 0 saturated heterocycles. The first-order valence-corrected chi connectivity index (χ1v) is 12.0. The molecule has 0 radical (unpaired) electrons. The summed E-state index contributed by atoms with van der Waals surface area (Å²) in [4.78, 5) is 28.9. The molecule has 2 heterocycles. The lowest BCUT2D eigenvalue weighted by Crippen LogP contribution is -2.30. The average Bonchev–Trinajstić information content (AvgIpc) is 3.20. The van der Waals surface area contributed by atoms with Crippen LogP contribution in [0.2, 0.25) is 0 Å². The molecule has 1 amide bonds. The topological polar surface area (TPSA) is 77.1 Å². The van der Waals surface area contributed by atoms with Gasteiger partial charge in [-0.25, -0.2) is 4.79 Å². The highest BCUT2D eigenvalue weighted by atomic mass is 32.1. The van der Waals surface area contributed by atoms with Crippen molar-refractivity contribution in [1.82, 2.24) is 4.90 Å². The summed E-state index contributed by atoms with van der Waals surface area (Å²) in [5, 5.41) is 3.39. The molecule has 4 rings (SSSR count). The van der Waals surface area contributed by atoms with Crippen molar-refractivity contribution in [3.05, 3.63) is 76.2 Å². The van der Waals surface area contributed by atoms with Crippen LogP contribution in [0.1, 0.15) is 33.3 Å². The van der Waals surface area contributed by atoms with Gasteiger partial charge in [-0.15, -0.1) is 11.3 Å². The number of amides is 1. The number of esters is 1. The second kappa shape index (κ2) is 11.2. The molecule has 7 nitrogen and oxygen atoms in total. The summed E-state index contributed by atoms with van der Waals surface area (Å²) in [6, 6.07) is 17.4. The zero-order chi connectivity index (χ0) is 23.9. The Bertz CT molecular complexity index is 1150. The van der Waals surface area contributed by atoms with E-state index >= 15 is 0 Å². The molecule has 0 saturated carbocycles. The van der Waals surface area contributed by atoms with Gasteiger partial charge < -0.3 is 19.5 Å². The molecule has 1 aromatic heterocycles. The van der Waals surface area contributed by atoms with E-state index in [-0.39, 0.29) is 19.1 Å². The van der Waals surface area contributed by atoms with Crippen molar-refractivity contribution in [1.29, 1.82) is 0 Å². The summed E-state index contributed by atoms with van der Waals surface area (Å²) in [7, 11) is 1.57. The molecular weight excluding hydrogens is 452 g/mol. The maximum Gasteiger partial charge on any atom is 0.341 e. The number of anilines is 1. The van der Waals surface area contributed by atoms with Gasteiger partial charge in [0.1, 0.15) is 16.5 Å². The Labute approximate surface area is 203 Å². The molecule has 2 aromatic carbocycles. The van der Waals surface area contributed by atoms with Crippen LogP contribution >= 0.6 is 11.3 Å². The van der Waals surface area contributed by atoms with Gasteiger partial charge in [0.15, 0.2) is 6.61 Å². The molecule has 0 atom stereocenters. The highest BCUT2D eigenvalue weighted by Crippen LogP contribution is 2.38. The van der Waals surface area contributed by atoms with Gasteiger partial charge in [0.2, 0.25) is 0 Å². The van der Waals surface area contributed by atoms with Gasteiger partial charge in [-0.1, -0.05) is 36.4 Å². The van der Waals surface area contributed by atoms with Crippen LogP contribution in [0.3, 0.4) is 0 Å². The Balaban J connectivity index is 1.48. The third kappa shape index (κ3) is 5.76. The highest BCUT2D eigenvalue weighted by Gasteiger charge is 2.29. The molecule has 1 aliphatic rings. The minimum absolute atomic E-state index is 0.182. The Hall–Kier alpha value is -3.36. The summed E-state index contributed by atoms with van der Waals surface area (Å²) in [6.45, 7) is 4.25. The van der Waals surface area contributed by atoms with E-state index in [4.69, 9.17) is 14.2 Å². The maximum absolute atomic E-state index is 12.8. The fourth-order valence-corrected chi connectivity index (χ4v) is 5.24. The molecule has 0 aliphatic carbocycles. The number of fused-ring (bicyclic) bond motifs is 1. The predicted octanol–water partition coefficient (Wildman–Crippen LogP) is 4.51. The standard InChI is InChI=1S/C26H28N2O5S/c1-3-32-26(30)24-21-12-13-28(15-18-8-5-4-6-9-18)16-22(21)34-25(24)27-23(29)17-33-20-11-7-10-19(14-20)31-2/h4-11,14H,3,12-13,15-17H2,1-2H3,(H,27,29). The molecule has 0 unspecified atom stereocenters. The van der Waals surface area contributed by atoms with Crippen LogP contribution in [0.15, 0.2) is 54.6 Å². The second-order valence-corrected chi connectivity index (χ2v) is 9.00. The Morgan fingerprint density at radius 3 is 2.65 bits per heavy atom. The quantitative estimate of drug-likeness (QED) is 0.454. The monoisotopic (exact) mass is 480 g/mol. The highest BCUT2D eigenvalue weighted by molar-refractivity contribution is 7.17. The molecule has 0 fully saturated rings. The van der Waals surface area contributed by atoms with Gasteiger partial charge in [-0.05, 0) is 36.6 Å². The van der Waals surface area contributed by atoms with Crippen molar-refractivity contribution in [3.63, 3.8) is 0 Å². The van der Waals surface area contributed by atoms with E-state index in [2.05, 4.69) is 22.3 Å². The second-order valence-electron chi connectivity index (χ2n) is 7.89. The van der Waals surface area contributed by atoms with Crippen molar-refractivity contribution < 1.29 is 23.8 Å². The van der Waals surface area contributed by atoms with Crippen LogP contribution in [0.4, 0.5) is 5.00 Å². The lowest BCUT2D eigenvalue weighted by molar-refractivity contribution is -0.118. The molecule has 0 bridgehead atoms. The average molecular weight is 481 g/mol. The zero-order valence-electron chi connectivity index (χ0n) is 19.3. The number of carbonyl (C=O) groups is 2. The van der Waals surface area contributed by atoms with E-state index in [0.717, 1.165) is 36.5 Å². The number of ether oxygens (including phenoxy) is 3. The van der Waals surface area contributed by atoms with Gasteiger partial charge in [-0.3, -0.25) is 9.69 Å². The first kappa shape index (κ1) is 23.8. The van der Waals surface area contributed by atoms with Gasteiger partial charge in [-0.2, -0.15) is 0 Å². The fourth-order valence-electron chi connectivity index (χ4n) is 3.94. The van der Waals surface area contributed by atoms with Gasteiger partial charge >= 0.3 is 5.97 Å². The van der Waals surface area contributed by atoms with E-state index in [1.807, 2.05) is 18.2 Å². The van der Waals surface area contributed by atoms with Gasteiger partial charge in [0, 0.05) is 30.6 Å². The lowest BCUT2D eigenvalue weighted by atomic mass is 10.0. The zero-order valence-corrected chi connectivity index (χ0v) is 20.2. The largest absolute Gasteiger partial charge is 0.497 e. The predicted molar refractivity (Wildman–Crippen MR) is 132 cm³/mol. The van der Waals surface area contributed by atoms with E-state index in [0.29, 0.717) is 22.1 Å². The van der Waals surface area contributed by atoms with Crippen molar-refractivity contribution in [3.8, 4) is 11.5 Å². The minimum atomic E-state index is -0.402. The summed E-state index contributed by atoms with van der Waals surface area (Å²) < 4.78 is 16.1. The van der Waals surface area contributed by atoms with Crippen molar-refractivity contribution in [2.45, 2.75) is 26.4 Å². The number of rotatable bonds is 9. The summed E-state index contributed by atoms with van der Waals surface area (Å²) in [5.41, 5.74) is 2.68. The Morgan fingerprint density at radius 2 is 1.88 bits per heavy atom. The Morgan fingerprint density at radius 1 is 1.09 bits per heavy atom. The summed E-state index contributed by atoms with van der Waals surface area (Å²) in [5.74, 6) is 0.435. The third-order valence-corrected chi connectivity index (χ3v) is 6.66. The third-order valence-electron chi connectivity index (χ3n) is 5.53. The van der Waals surface area contributed by atoms with Crippen molar-refractivity contribution in [2.24, 2.45) is 0 Å². The molecule has 0 spiro atoms. The normalized spacial score (nSPS) is 13.1. The van der Waals surface area contributed by atoms with E-state index in [9.17, 15) is 9.59 Å². The minimum Gasteiger partial charge on any atom is -0.497 e. The van der Waals surface area contributed by atoms with Gasteiger partial charge in [0.25, 0.3) is 5.91 Å². The fraction of sp³-hybridized carbons (Fsp3) is 0.308. The van der Waals surface area contributed by atoms with E-state index in [1.165, 1.54) is 16.9 Å². The lowest BCUT2D eigenvalue weighted by Gasteiger charge is -2.27. The SMILES string of the molecule is CCOC(=O)c1c(NC(=O)COc2cccc(OC)c2)sc2c1CCN(Cc1ccccc1)C2. The van der Waals surface area contributed by atoms with E-state index in [1.54, 1.807) is 38.3 Å². The number of methoxy groups -OCH3 is 1. The molecule has 1 aliphatic heterocycles. The molecule has 3 aromatic rings. The van der Waals surface area contributed by atoms with Gasteiger partial charge in [0.05, 0.1) is 19.3 Å². The smallest absolute Gasteiger partial charge is 0.341 e.